The van der Waals surface area contributed by atoms with Gasteiger partial charge in [0.1, 0.15) is 11.2 Å². The number of aryl methyl sites for hydroxylation is 1. The smallest absolute Gasteiger partial charge is 0.257 e. The maximum atomic E-state index is 7.56. The van der Waals surface area contributed by atoms with Gasteiger partial charge in [-0.15, -0.1) is 0 Å². The molecule has 69 heavy (non-hydrogen) atoms. The van der Waals surface area contributed by atoms with Gasteiger partial charge >= 0.3 is 0 Å². The Morgan fingerprint density at radius 3 is 1.57 bits per heavy atom. The zero-order chi connectivity index (χ0) is 48.9. The summed E-state index contributed by atoms with van der Waals surface area (Å²) in [6.45, 7) is 38.9. The number of hydrogen-bond acceptors (Lipinski definition) is 3. The van der Waals surface area contributed by atoms with E-state index in [4.69, 9.17) is 4.42 Å². The molecule has 0 N–H and O–H groups in total. The first kappa shape index (κ1) is 45.0. The van der Waals surface area contributed by atoms with Crippen molar-refractivity contribution in [1.82, 2.24) is 0 Å². The van der Waals surface area contributed by atoms with Crippen LogP contribution >= 0.6 is 0 Å². The maximum Gasteiger partial charge on any atom is 0.257 e. The zero-order valence-corrected chi connectivity index (χ0v) is 44.8. The SMILES string of the molecule is Cc1ccccc1N1c2cc(C(C)(C)C)cc3c2B(c2cc4c(cc2N3c2ccc3c(c2)C(C)(C)CCC3(C)C)C(C)(C)CCC4(C)C)c2c1ccc1c2oc2cc3c(cc21)C(C)(C)CCC3(C)C. The number of benzene rings is 6. The van der Waals surface area contributed by atoms with E-state index in [1.807, 2.05) is 0 Å². The van der Waals surface area contributed by atoms with E-state index < -0.39 is 0 Å². The Hall–Kier alpha value is -5.22. The third kappa shape index (κ3) is 6.37. The lowest BCUT2D eigenvalue weighted by Gasteiger charge is -2.48. The first-order valence-electron chi connectivity index (χ1n) is 26.4. The Morgan fingerprint density at radius 2 is 0.971 bits per heavy atom. The van der Waals surface area contributed by atoms with Crippen LogP contribution in [0, 0.1) is 6.92 Å². The van der Waals surface area contributed by atoms with Crippen molar-refractivity contribution in [2.75, 3.05) is 9.80 Å². The monoisotopic (exact) mass is 911 g/mol. The third-order valence-electron chi connectivity index (χ3n) is 18.9. The van der Waals surface area contributed by atoms with Gasteiger partial charge in [0.15, 0.2) is 0 Å². The van der Waals surface area contributed by atoms with Crippen LogP contribution in [-0.2, 0) is 37.9 Å². The molecule has 1 aromatic heterocycles. The first-order valence-corrected chi connectivity index (χ1v) is 26.4. The molecule has 3 aliphatic carbocycles. The summed E-state index contributed by atoms with van der Waals surface area (Å²) < 4.78 is 7.56. The molecule has 0 fully saturated rings. The Kier molecular flexibility index (Phi) is 9.13. The fourth-order valence-corrected chi connectivity index (χ4v) is 13.9. The quantitative estimate of drug-likeness (QED) is 0.161. The van der Waals surface area contributed by atoms with Gasteiger partial charge in [0.2, 0.25) is 0 Å². The Labute approximate surface area is 414 Å². The summed E-state index contributed by atoms with van der Waals surface area (Å²) in [7, 11) is 0. The highest BCUT2D eigenvalue weighted by Gasteiger charge is 2.49. The number of hydrogen-bond donors (Lipinski definition) is 0. The summed E-state index contributed by atoms with van der Waals surface area (Å²) in [5.74, 6) is 0. The van der Waals surface area contributed by atoms with E-state index in [-0.39, 0.29) is 44.6 Å². The maximum absolute atomic E-state index is 7.56. The third-order valence-corrected chi connectivity index (χ3v) is 18.9. The van der Waals surface area contributed by atoms with E-state index in [1.54, 1.807) is 0 Å². The molecule has 0 saturated carbocycles. The van der Waals surface area contributed by atoms with Gasteiger partial charge in [-0.2, -0.15) is 0 Å². The van der Waals surface area contributed by atoms with Crippen LogP contribution in [0.3, 0.4) is 0 Å². The summed E-state index contributed by atoms with van der Waals surface area (Å²) in [6, 6.07) is 36.9. The second-order valence-electron chi connectivity index (χ2n) is 27.4. The zero-order valence-electron chi connectivity index (χ0n) is 44.8. The van der Waals surface area contributed by atoms with E-state index in [9.17, 15) is 0 Å². The van der Waals surface area contributed by atoms with Crippen LogP contribution in [0.2, 0.25) is 0 Å². The Morgan fingerprint density at radius 1 is 0.449 bits per heavy atom. The minimum atomic E-state index is -0.113. The van der Waals surface area contributed by atoms with Gasteiger partial charge in [0.05, 0.1) is 0 Å². The van der Waals surface area contributed by atoms with Crippen molar-refractivity contribution in [3.63, 3.8) is 0 Å². The summed E-state index contributed by atoms with van der Waals surface area (Å²) in [5.41, 5.74) is 25.4. The van der Waals surface area contributed by atoms with Crippen molar-refractivity contribution in [2.24, 2.45) is 0 Å². The molecule has 3 heterocycles. The highest BCUT2D eigenvalue weighted by Crippen LogP contribution is 2.55. The summed E-state index contributed by atoms with van der Waals surface area (Å²) in [6.07, 6.45) is 7.04. The number of anilines is 6. The molecule has 7 aromatic rings. The molecule has 0 saturated heterocycles. The van der Waals surface area contributed by atoms with Gasteiger partial charge in [-0.1, -0.05) is 134 Å². The van der Waals surface area contributed by atoms with Crippen molar-refractivity contribution in [3.8, 4) is 0 Å². The predicted molar refractivity (Wildman–Crippen MR) is 297 cm³/mol. The molecule has 4 heteroatoms. The minimum Gasteiger partial charge on any atom is -0.457 e. The second-order valence-corrected chi connectivity index (χ2v) is 27.4. The van der Waals surface area contributed by atoms with Crippen molar-refractivity contribution in [3.05, 3.63) is 136 Å². The Bertz CT molecular complexity index is 3360. The second kappa shape index (κ2) is 14.0. The van der Waals surface area contributed by atoms with Gasteiger partial charge in [0.25, 0.3) is 6.71 Å². The number of rotatable bonds is 2. The summed E-state index contributed by atoms with van der Waals surface area (Å²) in [5, 5.41) is 2.45. The molecule has 0 spiro atoms. The molecule has 3 nitrogen and oxygen atoms in total. The van der Waals surface area contributed by atoms with E-state index >= 15 is 0 Å². The molecule has 12 rings (SSSR count). The van der Waals surface area contributed by atoms with Gasteiger partial charge in [0, 0.05) is 44.9 Å². The van der Waals surface area contributed by atoms with Crippen LogP contribution in [0.1, 0.15) is 187 Å². The normalized spacial score (nSPS) is 20.7. The standard InChI is InChI=1S/C65H75BN2O/c1-38-19-17-18-20-50(38)68-51-24-22-41-42-34-45-48(65(15,16)30-27-62(45,9)10)37-55(42)69-58(41)57(51)66-49-35-46-47(64(13,14)29-28-63(46,11)12)36-52(49)67(53-31-39(59(2,3)4)32-54(68)56(53)66)40-21-23-43-44(33-40)61(7,8)26-25-60(43,5)6/h17-24,31-37H,25-30H2,1-16H3. The van der Waals surface area contributed by atoms with E-state index in [0.717, 1.165) is 24.0 Å². The minimum absolute atomic E-state index is 0.0278. The van der Waals surface area contributed by atoms with Gasteiger partial charge in [-0.25, -0.2) is 0 Å². The summed E-state index contributed by atoms with van der Waals surface area (Å²) >= 11 is 0. The lowest BCUT2D eigenvalue weighted by molar-refractivity contribution is 0.332. The van der Waals surface area contributed by atoms with Crippen molar-refractivity contribution in [2.45, 2.75) is 187 Å². The van der Waals surface area contributed by atoms with Crippen molar-refractivity contribution >= 4 is 79.2 Å². The fourth-order valence-electron chi connectivity index (χ4n) is 13.9. The van der Waals surface area contributed by atoms with Crippen LogP contribution in [0.25, 0.3) is 21.9 Å². The van der Waals surface area contributed by atoms with Gasteiger partial charge in [-0.05, 0) is 205 Å². The molecular formula is C65H75BN2O. The van der Waals surface area contributed by atoms with Crippen LogP contribution < -0.4 is 26.2 Å². The molecule has 6 aromatic carbocycles. The molecular weight excluding hydrogens is 836 g/mol. The molecule has 0 atom stereocenters. The number of nitrogens with zero attached hydrogens (tertiary/aromatic N) is 2. The largest absolute Gasteiger partial charge is 0.457 e. The fraction of sp³-hybridized carbons (Fsp3) is 0.446. The molecule has 354 valence electrons. The Balaban J connectivity index is 1.25. The highest BCUT2D eigenvalue weighted by atomic mass is 16.3. The molecule has 0 unspecified atom stereocenters. The lowest BCUT2D eigenvalue weighted by atomic mass is 9.32. The molecule has 5 aliphatic rings. The number of furan rings is 1. The number of fused-ring (bicyclic) bond motifs is 11. The van der Waals surface area contributed by atoms with Crippen LogP contribution in [0.5, 0.6) is 0 Å². The highest BCUT2D eigenvalue weighted by molar-refractivity contribution is 7.01. The predicted octanol–water partition coefficient (Wildman–Crippen LogP) is 16.3. The topological polar surface area (TPSA) is 19.6 Å². The van der Waals surface area contributed by atoms with Crippen molar-refractivity contribution < 1.29 is 4.42 Å². The van der Waals surface area contributed by atoms with E-state index in [2.05, 4.69) is 212 Å². The first-order chi connectivity index (χ1) is 32.2. The molecule has 0 radical (unpaired) electrons. The molecule has 2 aliphatic heterocycles. The average Bonchev–Trinajstić information content (AvgIpc) is 3.65. The summed E-state index contributed by atoms with van der Waals surface area (Å²) in [4.78, 5) is 5.33. The average molecular weight is 911 g/mol. The van der Waals surface area contributed by atoms with Crippen LogP contribution in [-0.4, -0.2) is 6.71 Å². The van der Waals surface area contributed by atoms with Gasteiger partial charge < -0.3 is 14.2 Å². The van der Waals surface area contributed by atoms with Crippen LogP contribution in [0.4, 0.5) is 34.1 Å². The molecule has 0 amide bonds. The lowest BCUT2D eigenvalue weighted by Crippen LogP contribution is -2.62. The van der Waals surface area contributed by atoms with E-state index in [1.165, 1.54) is 131 Å². The van der Waals surface area contributed by atoms with E-state index in [0.29, 0.717) is 0 Å². The van der Waals surface area contributed by atoms with Crippen LogP contribution in [0.15, 0.2) is 95.4 Å². The van der Waals surface area contributed by atoms with Crippen molar-refractivity contribution in [1.29, 1.82) is 0 Å². The molecule has 0 bridgehead atoms. The van der Waals surface area contributed by atoms with Gasteiger partial charge in [-0.3, -0.25) is 0 Å². The number of para-hydroxylation sites is 1.